The summed E-state index contributed by atoms with van der Waals surface area (Å²) in [5.41, 5.74) is 1.19. The molecule has 0 aromatic heterocycles. The van der Waals surface area contributed by atoms with Gasteiger partial charge < -0.3 is 5.11 Å². The summed E-state index contributed by atoms with van der Waals surface area (Å²) in [5.74, 6) is -0.549. The molecule has 0 radical (unpaired) electrons. The predicted molar refractivity (Wildman–Crippen MR) is 90.2 cm³/mol. The molecule has 6 heteroatoms. The Balaban J connectivity index is 1.93. The number of thiocarbonyl (C=S) groups is 1. The van der Waals surface area contributed by atoms with Crippen molar-refractivity contribution in [1.29, 1.82) is 0 Å². The molecule has 1 N–H and O–H groups in total. The average molecular weight is 331 g/mol. The van der Waals surface area contributed by atoms with E-state index >= 15 is 0 Å². The minimum absolute atomic E-state index is 0.157. The monoisotopic (exact) mass is 331 g/mol. The minimum atomic E-state index is -0.422. The summed E-state index contributed by atoms with van der Waals surface area (Å²) in [6, 6.07) is 12.2. The van der Waals surface area contributed by atoms with Gasteiger partial charge in [-0.25, -0.2) is 4.39 Å². The molecule has 22 heavy (non-hydrogen) atoms. The minimum Gasteiger partial charge on any atom is -0.508 e. The molecular formula is C16H10FNO2S2. The van der Waals surface area contributed by atoms with Gasteiger partial charge in [0.2, 0.25) is 0 Å². The molecular weight excluding hydrogens is 321 g/mol. The highest BCUT2D eigenvalue weighted by Crippen LogP contribution is 2.36. The molecule has 1 amide bonds. The highest BCUT2D eigenvalue weighted by Gasteiger charge is 2.33. The quantitative estimate of drug-likeness (QED) is 0.668. The molecule has 0 bridgehead atoms. The topological polar surface area (TPSA) is 40.5 Å². The number of aromatic hydroxyl groups is 1. The Kier molecular flexibility index (Phi) is 3.96. The first-order valence-electron chi connectivity index (χ1n) is 6.37. The van der Waals surface area contributed by atoms with Crippen molar-refractivity contribution >= 4 is 46.0 Å². The molecule has 0 saturated carbocycles. The van der Waals surface area contributed by atoms with Gasteiger partial charge in [-0.05, 0) is 42.0 Å². The predicted octanol–water partition coefficient (Wildman–Crippen LogP) is 3.94. The van der Waals surface area contributed by atoms with Crippen LogP contribution >= 0.6 is 24.0 Å². The molecule has 0 unspecified atom stereocenters. The molecule has 2 aromatic rings. The van der Waals surface area contributed by atoms with E-state index in [1.165, 1.54) is 34.9 Å². The second kappa shape index (κ2) is 5.90. The van der Waals surface area contributed by atoms with Crippen molar-refractivity contribution in [3.63, 3.8) is 0 Å². The first kappa shape index (κ1) is 14.7. The number of anilines is 1. The number of halogens is 1. The van der Waals surface area contributed by atoms with Gasteiger partial charge in [-0.15, -0.1) is 0 Å². The Bertz CT molecular complexity index is 787. The summed E-state index contributed by atoms with van der Waals surface area (Å²) in [6.45, 7) is 0. The number of carbonyl (C=O) groups is 1. The Morgan fingerprint density at radius 1 is 1.18 bits per heavy atom. The average Bonchev–Trinajstić information content (AvgIpc) is 2.76. The van der Waals surface area contributed by atoms with E-state index in [2.05, 4.69) is 0 Å². The van der Waals surface area contributed by atoms with Crippen LogP contribution in [-0.2, 0) is 4.79 Å². The lowest BCUT2D eigenvalue weighted by Crippen LogP contribution is -2.27. The van der Waals surface area contributed by atoms with Crippen molar-refractivity contribution in [3.8, 4) is 5.75 Å². The zero-order chi connectivity index (χ0) is 15.7. The van der Waals surface area contributed by atoms with Crippen LogP contribution in [0.15, 0.2) is 53.4 Å². The Morgan fingerprint density at radius 2 is 1.91 bits per heavy atom. The lowest BCUT2D eigenvalue weighted by atomic mass is 10.2. The third kappa shape index (κ3) is 2.88. The number of hydrogen-bond acceptors (Lipinski definition) is 4. The Morgan fingerprint density at radius 3 is 2.59 bits per heavy atom. The van der Waals surface area contributed by atoms with Gasteiger partial charge in [0.15, 0.2) is 4.32 Å². The van der Waals surface area contributed by atoms with Gasteiger partial charge in [0.1, 0.15) is 11.6 Å². The zero-order valence-corrected chi connectivity index (χ0v) is 12.8. The second-order valence-corrected chi connectivity index (χ2v) is 6.26. The van der Waals surface area contributed by atoms with Crippen LogP contribution in [-0.4, -0.2) is 15.3 Å². The van der Waals surface area contributed by atoms with Crippen molar-refractivity contribution in [2.45, 2.75) is 0 Å². The number of rotatable bonds is 2. The maximum atomic E-state index is 13.3. The summed E-state index contributed by atoms with van der Waals surface area (Å²) < 4.78 is 13.7. The molecule has 0 spiro atoms. The first-order chi connectivity index (χ1) is 10.5. The molecule has 3 nitrogen and oxygen atoms in total. The Hall–Kier alpha value is -2.18. The fourth-order valence-electron chi connectivity index (χ4n) is 2.03. The fourth-order valence-corrected chi connectivity index (χ4v) is 3.33. The van der Waals surface area contributed by atoms with E-state index in [0.717, 1.165) is 5.56 Å². The first-order valence-corrected chi connectivity index (χ1v) is 7.59. The number of nitrogens with zero attached hydrogens (tertiary/aromatic N) is 1. The van der Waals surface area contributed by atoms with Crippen LogP contribution in [0.5, 0.6) is 5.75 Å². The van der Waals surface area contributed by atoms with E-state index in [-0.39, 0.29) is 11.7 Å². The third-order valence-electron chi connectivity index (χ3n) is 3.05. The van der Waals surface area contributed by atoms with Crippen LogP contribution in [0.3, 0.4) is 0 Å². The van der Waals surface area contributed by atoms with E-state index < -0.39 is 5.82 Å². The van der Waals surface area contributed by atoms with Crippen molar-refractivity contribution in [3.05, 3.63) is 64.8 Å². The van der Waals surface area contributed by atoms with Gasteiger partial charge in [0.05, 0.1) is 10.6 Å². The van der Waals surface area contributed by atoms with Crippen LogP contribution < -0.4 is 4.90 Å². The summed E-state index contributed by atoms with van der Waals surface area (Å²) >= 11 is 6.39. The van der Waals surface area contributed by atoms with E-state index in [4.69, 9.17) is 12.2 Å². The number of amides is 1. The van der Waals surface area contributed by atoms with Crippen molar-refractivity contribution in [1.82, 2.24) is 0 Å². The van der Waals surface area contributed by atoms with Crippen LogP contribution in [0.1, 0.15) is 5.56 Å². The van der Waals surface area contributed by atoms with Gasteiger partial charge in [-0.2, -0.15) is 0 Å². The maximum Gasteiger partial charge on any atom is 0.270 e. The second-order valence-electron chi connectivity index (χ2n) is 4.59. The van der Waals surface area contributed by atoms with E-state index in [9.17, 15) is 14.3 Å². The smallest absolute Gasteiger partial charge is 0.270 e. The van der Waals surface area contributed by atoms with Gasteiger partial charge in [-0.3, -0.25) is 9.69 Å². The van der Waals surface area contributed by atoms with Gasteiger partial charge in [0.25, 0.3) is 5.91 Å². The Labute approximate surface area is 136 Å². The highest BCUT2D eigenvalue weighted by atomic mass is 32.2. The molecule has 1 aliphatic heterocycles. The van der Waals surface area contributed by atoms with E-state index in [1.807, 2.05) is 0 Å². The van der Waals surface area contributed by atoms with Crippen LogP contribution in [0, 0.1) is 5.82 Å². The molecule has 0 atom stereocenters. The zero-order valence-electron chi connectivity index (χ0n) is 11.2. The van der Waals surface area contributed by atoms with Crippen LogP contribution in [0.4, 0.5) is 10.1 Å². The summed E-state index contributed by atoms with van der Waals surface area (Å²) in [5, 5.41) is 9.27. The molecule has 2 aromatic carbocycles. The van der Waals surface area contributed by atoms with E-state index in [1.54, 1.807) is 36.4 Å². The molecule has 1 saturated heterocycles. The van der Waals surface area contributed by atoms with Gasteiger partial charge in [0, 0.05) is 0 Å². The van der Waals surface area contributed by atoms with Gasteiger partial charge >= 0.3 is 0 Å². The lowest BCUT2D eigenvalue weighted by Gasteiger charge is -2.14. The van der Waals surface area contributed by atoms with E-state index in [0.29, 0.717) is 14.9 Å². The molecule has 110 valence electrons. The van der Waals surface area contributed by atoms with Crippen molar-refractivity contribution < 1.29 is 14.3 Å². The summed E-state index contributed by atoms with van der Waals surface area (Å²) in [4.78, 5) is 14.2. The fraction of sp³-hybridized carbons (Fsp3) is 0. The standard InChI is InChI=1S/C16H10FNO2S2/c17-11-2-1-3-12(9-11)18-15(20)14(22-16(18)21)8-10-4-6-13(19)7-5-10/h1-9,19H. The molecule has 1 aliphatic rings. The summed E-state index contributed by atoms with van der Waals surface area (Å²) in [7, 11) is 0. The largest absolute Gasteiger partial charge is 0.508 e. The number of carbonyl (C=O) groups excluding carboxylic acids is 1. The SMILES string of the molecule is O=C1C(=Cc2ccc(O)cc2)SC(=S)N1c1cccc(F)c1. The number of hydrogen-bond donors (Lipinski definition) is 1. The third-order valence-corrected chi connectivity index (χ3v) is 4.35. The number of phenols is 1. The number of benzene rings is 2. The van der Waals surface area contributed by atoms with Crippen molar-refractivity contribution in [2.24, 2.45) is 0 Å². The summed E-state index contributed by atoms with van der Waals surface area (Å²) in [6.07, 6.45) is 1.69. The number of phenolic OH excluding ortho intramolecular Hbond substituents is 1. The lowest BCUT2D eigenvalue weighted by molar-refractivity contribution is -0.113. The highest BCUT2D eigenvalue weighted by molar-refractivity contribution is 8.27. The number of thioether (sulfide) groups is 1. The van der Waals surface area contributed by atoms with Crippen LogP contribution in [0.2, 0.25) is 0 Å². The normalized spacial score (nSPS) is 16.6. The molecule has 1 fully saturated rings. The molecule has 0 aliphatic carbocycles. The molecule has 1 heterocycles. The van der Waals surface area contributed by atoms with Crippen LogP contribution in [0.25, 0.3) is 6.08 Å². The van der Waals surface area contributed by atoms with Crippen molar-refractivity contribution in [2.75, 3.05) is 4.90 Å². The van der Waals surface area contributed by atoms with Gasteiger partial charge in [-0.1, -0.05) is 42.2 Å². The molecule has 3 rings (SSSR count). The maximum absolute atomic E-state index is 13.3.